The van der Waals surface area contributed by atoms with Gasteiger partial charge in [-0.15, -0.1) is 6.58 Å². The van der Waals surface area contributed by atoms with E-state index in [-0.39, 0.29) is 0 Å². The lowest BCUT2D eigenvalue weighted by atomic mass is 10.2. The Balaban J connectivity index is 2.95. The number of pyridine rings is 1. The molecule has 2 N–H and O–H groups in total. The zero-order valence-electron chi connectivity index (χ0n) is 6.66. The lowest BCUT2D eigenvalue weighted by Crippen LogP contribution is -2.11. The third-order valence-electron chi connectivity index (χ3n) is 1.45. The molecule has 0 radical (unpaired) electrons. The van der Waals surface area contributed by atoms with Crippen LogP contribution < -0.4 is 5.73 Å². The summed E-state index contributed by atoms with van der Waals surface area (Å²) in [6.45, 7) is 3.57. The van der Waals surface area contributed by atoms with Gasteiger partial charge in [0.05, 0.1) is 0 Å². The molecule has 0 bridgehead atoms. The van der Waals surface area contributed by atoms with Crippen LogP contribution in [0.4, 0.5) is 0 Å². The number of rotatable bonds is 3. The van der Waals surface area contributed by atoms with Crippen molar-refractivity contribution in [3.05, 3.63) is 42.2 Å². The number of nitrogens with two attached hydrogens (primary N) is 1. The molecule has 0 saturated heterocycles. The first kappa shape index (κ1) is 8.46. The molecule has 1 rings (SSSR count). The molecule has 0 spiro atoms. The van der Waals surface area contributed by atoms with Crippen LogP contribution in [0.25, 0.3) is 0 Å². The van der Waals surface area contributed by atoms with E-state index in [1.807, 2.05) is 0 Å². The summed E-state index contributed by atoms with van der Waals surface area (Å²) in [6, 6.07) is 3.26. The van der Waals surface area contributed by atoms with Gasteiger partial charge in [-0.2, -0.15) is 0 Å². The van der Waals surface area contributed by atoms with E-state index in [9.17, 15) is 4.79 Å². The molecule has 1 amide bonds. The quantitative estimate of drug-likeness (QED) is 0.671. The van der Waals surface area contributed by atoms with Gasteiger partial charge in [-0.25, -0.2) is 0 Å². The SMILES string of the molecule is C=CCc1cc(C(N)=O)ccn1. The molecule has 1 heterocycles. The van der Waals surface area contributed by atoms with Gasteiger partial charge in [0.15, 0.2) is 0 Å². The molecule has 0 atom stereocenters. The summed E-state index contributed by atoms with van der Waals surface area (Å²) in [6.07, 6.45) is 3.95. The smallest absolute Gasteiger partial charge is 0.248 e. The number of hydrogen-bond acceptors (Lipinski definition) is 2. The molecule has 0 aliphatic heterocycles. The van der Waals surface area contributed by atoms with Gasteiger partial charge in [0, 0.05) is 23.9 Å². The predicted molar refractivity (Wildman–Crippen MR) is 46.7 cm³/mol. The normalized spacial score (nSPS) is 9.33. The maximum atomic E-state index is 10.7. The van der Waals surface area contributed by atoms with Crippen LogP contribution in [0, 0.1) is 0 Å². The van der Waals surface area contributed by atoms with E-state index in [0.717, 1.165) is 5.69 Å². The molecule has 0 fully saturated rings. The van der Waals surface area contributed by atoms with Crippen LogP contribution in [0.5, 0.6) is 0 Å². The second-order valence-corrected chi connectivity index (χ2v) is 2.39. The van der Waals surface area contributed by atoms with E-state index in [1.165, 1.54) is 0 Å². The fourth-order valence-corrected chi connectivity index (χ4v) is 0.891. The first-order valence-electron chi connectivity index (χ1n) is 3.59. The first-order chi connectivity index (χ1) is 5.74. The van der Waals surface area contributed by atoms with Crippen LogP contribution in [-0.2, 0) is 6.42 Å². The van der Waals surface area contributed by atoms with Gasteiger partial charge in [-0.3, -0.25) is 9.78 Å². The molecule has 12 heavy (non-hydrogen) atoms. The van der Waals surface area contributed by atoms with Crippen molar-refractivity contribution in [2.45, 2.75) is 6.42 Å². The maximum absolute atomic E-state index is 10.7. The van der Waals surface area contributed by atoms with E-state index in [0.29, 0.717) is 12.0 Å². The summed E-state index contributed by atoms with van der Waals surface area (Å²) in [5, 5.41) is 0. The number of carbonyl (C=O) groups excluding carboxylic acids is 1. The van der Waals surface area contributed by atoms with Crippen molar-refractivity contribution in [3.63, 3.8) is 0 Å². The van der Waals surface area contributed by atoms with Crippen LogP contribution in [0.15, 0.2) is 31.0 Å². The monoisotopic (exact) mass is 162 g/mol. The third-order valence-corrected chi connectivity index (χ3v) is 1.45. The number of primary amides is 1. The van der Waals surface area contributed by atoms with Crippen molar-refractivity contribution < 1.29 is 4.79 Å². The summed E-state index contributed by atoms with van der Waals surface area (Å²) in [5.41, 5.74) is 6.38. The highest BCUT2D eigenvalue weighted by Gasteiger charge is 2.00. The van der Waals surface area contributed by atoms with Crippen molar-refractivity contribution in [3.8, 4) is 0 Å². The fraction of sp³-hybridized carbons (Fsp3) is 0.111. The Morgan fingerprint density at radius 3 is 3.08 bits per heavy atom. The Bertz CT molecular complexity index is 307. The maximum Gasteiger partial charge on any atom is 0.248 e. The molecule has 3 heteroatoms. The number of nitrogens with zero attached hydrogens (tertiary/aromatic N) is 1. The van der Waals surface area contributed by atoms with Gasteiger partial charge in [-0.05, 0) is 12.1 Å². The largest absolute Gasteiger partial charge is 0.366 e. The second-order valence-electron chi connectivity index (χ2n) is 2.39. The summed E-state index contributed by atoms with van der Waals surface area (Å²) in [4.78, 5) is 14.8. The molecule has 3 nitrogen and oxygen atoms in total. The average Bonchev–Trinajstić information content (AvgIpc) is 2.05. The zero-order valence-corrected chi connectivity index (χ0v) is 6.66. The van der Waals surface area contributed by atoms with Crippen LogP contribution >= 0.6 is 0 Å². The second kappa shape index (κ2) is 3.67. The predicted octanol–water partition coefficient (Wildman–Crippen LogP) is 0.909. The fourth-order valence-electron chi connectivity index (χ4n) is 0.891. The molecule has 1 aromatic heterocycles. The van der Waals surface area contributed by atoms with Gasteiger partial charge < -0.3 is 5.73 Å². The minimum absolute atomic E-state index is 0.428. The Labute approximate surface area is 70.9 Å². The van der Waals surface area contributed by atoms with E-state index in [2.05, 4.69) is 11.6 Å². The topological polar surface area (TPSA) is 56.0 Å². The van der Waals surface area contributed by atoms with Crippen molar-refractivity contribution in [1.29, 1.82) is 0 Å². The van der Waals surface area contributed by atoms with Crippen LogP contribution in [0.3, 0.4) is 0 Å². The lowest BCUT2D eigenvalue weighted by Gasteiger charge is -1.97. The van der Waals surface area contributed by atoms with E-state index in [4.69, 9.17) is 5.73 Å². The summed E-state index contributed by atoms with van der Waals surface area (Å²) in [7, 11) is 0. The van der Waals surface area contributed by atoms with Crippen LogP contribution in [0.2, 0.25) is 0 Å². The van der Waals surface area contributed by atoms with Gasteiger partial charge >= 0.3 is 0 Å². The Morgan fingerprint density at radius 2 is 2.50 bits per heavy atom. The Hall–Kier alpha value is -1.64. The van der Waals surface area contributed by atoms with Crippen molar-refractivity contribution >= 4 is 5.91 Å². The van der Waals surface area contributed by atoms with Gasteiger partial charge in [0.25, 0.3) is 0 Å². The molecule has 0 aliphatic carbocycles. The number of amides is 1. The van der Waals surface area contributed by atoms with Gasteiger partial charge in [-0.1, -0.05) is 6.08 Å². The van der Waals surface area contributed by atoms with Crippen LogP contribution in [-0.4, -0.2) is 10.9 Å². The van der Waals surface area contributed by atoms with E-state index >= 15 is 0 Å². The summed E-state index contributed by atoms with van der Waals surface area (Å²) in [5.74, 6) is -0.428. The van der Waals surface area contributed by atoms with E-state index < -0.39 is 5.91 Å². The number of hydrogen-bond donors (Lipinski definition) is 1. The number of allylic oxidation sites excluding steroid dienone is 1. The Morgan fingerprint density at radius 1 is 1.75 bits per heavy atom. The highest BCUT2D eigenvalue weighted by molar-refractivity contribution is 5.92. The highest BCUT2D eigenvalue weighted by Crippen LogP contribution is 2.01. The van der Waals surface area contributed by atoms with Crippen LogP contribution in [0.1, 0.15) is 16.1 Å². The van der Waals surface area contributed by atoms with Crippen molar-refractivity contribution in [1.82, 2.24) is 4.98 Å². The summed E-state index contributed by atoms with van der Waals surface area (Å²) >= 11 is 0. The molecular formula is C9H10N2O. The summed E-state index contributed by atoms with van der Waals surface area (Å²) < 4.78 is 0. The molecule has 62 valence electrons. The molecule has 0 aliphatic rings. The standard InChI is InChI=1S/C9H10N2O/c1-2-3-8-6-7(9(10)12)4-5-11-8/h2,4-6H,1,3H2,(H2,10,12). The minimum Gasteiger partial charge on any atom is -0.366 e. The van der Waals surface area contributed by atoms with Gasteiger partial charge in [0.2, 0.25) is 5.91 Å². The first-order valence-corrected chi connectivity index (χ1v) is 3.59. The molecule has 1 aromatic rings. The van der Waals surface area contributed by atoms with Crippen molar-refractivity contribution in [2.75, 3.05) is 0 Å². The molecular weight excluding hydrogens is 152 g/mol. The average molecular weight is 162 g/mol. The van der Waals surface area contributed by atoms with Crippen molar-refractivity contribution in [2.24, 2.45) is 5.73 Å². The van der Waals surface area contributed by atoms with E-state index in [1.54, 1.807) is 24.4 Å². The number of aromatic nitrogens is 1. The molecule has 0 saturated carbocycles. The minimum atomic E-state index is -0.428. The number of carbonyl (C=O) groups is 1. The van der Waals surface area contributed by atoms with Gasteiger partial charge in [0.1, 0.15) is 0 Å². The zero-order chi connectivity index (χ0) is 8.97. The highest BCUT2D eigenvalue weighted by atomic mass is 16.1. The Kier molecular flexibility index (Phi) is 2.58. The molecule has 0 unspecified atom stereocenters. The lowest BCUT2D eigenvalue weighted by molar-refractivity contribution is 0.1000. The molecule has 0 aromatic carbocycles. The third kappa shape index (κ3) is 1.92.